The number of nitrogens with zero attached hydrogens (tertiary/aromatic N) is 5. The van der Waals surface area contributed by atoms with Gasteiger partial charge in [-0.05, 0) is 46.3 Å². The minimum Gasteiger partial charge on any atom is -0.356 e. The molecule has 2 saturated heterocycles. The molecule has 2 atom stereocenters. The van der Waals surface area contributed by atoms with Gasteiger partial charge in [0, 0.05) is 54.2 Å². The Labute approximate surface area is 158 Å². The van der Waals surface area contributed by atoms with Crippen molar-refractivity contribution in [3.05, 3.63) is 46.6 Å². The van der Waals surface area contributed by atoms with Gasteiger partial charge >= 0.3 is 0 Å². The molecule has 2 aliphatic heterocycles. The van der Waals surface area contributed by atoms with Gasteiger partial charge in [0.1, 0.15) is 16.9 Å². The SMILES string of the molecule is O=C(c1ccc2n[nH]nc2c1)N1CC2CN(c3ccc(Br)cn3)CC2C1. The predicted octanol–water partition coefficient (Wildman–Crippen LogP) is 2.32. The normalized spacial score (nSPS) is 22.2. The number of anilines is 1. The van der Waals surface area contributed by atoms with Crippen molar-refractivity contribution in [1.29, 1.82) is 0 Å². The van der Waals surface area contributed by atoms with E-state index in [4.69, 9.17) is 0 Å². The molecule has 0 bridgehead atoms. The number of halogens is 1. The lowest BCUT2D eigenvalue weighted by Gasteiger charge is -2.22. The molecular formula is C18H17BrN6O. The summed E-state index contributed by atoms with van der Waals surface area (Å²) in [4.78, 5) is 21.7. The summed E-state index contributed by atoms with van der Waals surface area (Å²) >= 11 is 3.43. The molecule has 7 nitrogen and oxygen atoms in total. The molecule has 0 spiro atoms. The standard InChI is InChI=1S/C18H17BrN6O/c19-14-2-4-17(20-6-14)24-7-12-9-25(10-13(12)8-24)18(26)11-1-3-15-16(5-11)22-23-21-15/h1-6,12-13H,7-10H2,(H,21,22,23). The van der Waals surface area contributed by atoms with E-state index in [1.807, 2.05) is 41.4 Å². The number of H-pyrrole nitrogens is 1. The van der Waals surface area contributed by atoms with Gasteiger partial charge in [0.05, 0.1) is 0 Å². The first-order chi connectivity index (χ1) is 12.7. The Morgan fingerprint density at radius 1 is 1.04 bits per heavy atom. The first kappa shape index (κ1) is 15.7. The molecule has 3 aromatic rings. The van der Waals surface area contributed by atoms with E-state index in [0.29, 0.717) is 17.4 Å². The average molecular weight is 413 g/mol. The smallest absolute Gasteiger partial charge is 0.253 e. The Morgan fingerprint density at radius 3 is 2.54 bits per heavy atom. The molecule has 5 rings (SSSR count). The highest BCUT2D eigenvalue weighted by atomic mass is 79.9. The number of hydrogen-bond acceptors (Lipinski definition) is 5. The molecule has 132 valence electrons. The Balaban J connectivity index is 1.28. The fourth-order valence-corrected chi connectivity index (χ4v) is 4.29. The molecule has 2 aromatic heterocycles. The van der Waals surface area contributed by atoms with Gasteiger partial charge in [-0.15, -0.1) is 0 Å². The topological polar surface area (TPSA) is 78.0 Å². The second-order valence-electron chi connectivity index (χ2n) is 7.00. The number of rotatable bonds is 2. The number of amides is 1. The van der Waals surface area contributed by atoms with Gasteiger partial charge in [0.25, 0.3) is 5.91 Å². The van der Waals surface area contributed by atoms with Crippen LogP contribution in [0.5, 0.6) is 0 Å². The number of hydrogen-bond donors (Lipinski definition) is 1. The van der Waals surface area contributed by atoms with Crippen molar-refractivity contribution in [2.45, 2.75) is 0 Å². The van der Waals surface area contributed by atoms with Crippen LogP contribution in [0, 0.1) is 11.8 Å². The van der Waals surface area contributed by atoms with Crippen molar-refractivity contribution in [2.75, 3.05) is 31.1 Å². The Kier molecular flexibility index (Phi) is 3.66. The van der Waals surface area contributed by atoms with E-state index >= 15 is 0 Å². The first-order valence-electron chi connectivity index (χ1n) is 8.64. The zero-order chi connectivity index (χ0) is 17.7. The van der Waals surface area contributed by atoms with Gasteiger partial charge in [0.2, 0.25) is 0 Å². The van der Waals surface area contributed by atoms with Gasteiger partial charge in [-0.25, -0.2) is 4.98 Å². The van der Waals surface area contributed by atoms with Crippen molar-refractivity contribution in [1.82, 2.24) is 25.3 Å². The highest BCUT2D eigenvalue weighted by Gasteiger charge is 2.42. The summed E-state index contributed by atoms with van der Waals surface area (Å²) in [5.41, 5.74) is 2.18. The van der Waals surface area contributed by atoms with Crippen LogP contribution in [0.1, 0.15) is 10.4 Å². The van der Waals surface area contributed by atoms with E-state index < -0.39 is 0 Å². The lowest BCUT2D eigenvalue weighted by molar-refractivity contribution is 0.0782. The molecule has 1 aromatic carbocycles. The molecular weight excluding hydrogens is 396 g/mol. The molecule has 1 N–H and O–H groups in total. The number of benzene rings is 1. The summed E-state index contributed by atoms with van der Waals surface area (Å²) in [6, 6.07) is 9.55. The minimum atomic E-state index is 0.0811. The van der Waals surface area contributed by atoms with E-state index in [2.05, 4.69) is 41.2 Å². The summed E-state index contributed by atoms with van der Waals surface area (Å²) < 4.78 is 0.987. The van der Waals surface area contributed by atoms with Crippen LogP contribution in [0.15, 0.2) is 41.0 Å². The van der Waals surface area contributed by atoms with E-state index in [0.717, 1.165) is 47.5 Å². The summed E-state index contributed by atoms with van der Waals surface area (Å²) in [7, 11) is 0. The summed E-state index contributed by atoms with van der Waals surface area (Å²) in [6.07, 6.45) is 1.83. The molecule has 0 radical (unpaired) electrons. The molecule has 0 aliphatic carbocycles. The van der Waals surface area contributed by atoms with Crippen LogP contribution in [0.4, 0.5) is 5.82 Å². The zero-order valence-electron chi connectivity index (χ0n) is 14.0. The third-order valence-corrected chi connectivity index (χ3v) is 5.84. The maximum absolute atomic E-state index is 12.9. The quantitative estimate of drug-likeness (QED) is 0.698. The highest BCUT2D eigenvalue weighted by Crippen LogP contribution is 2.34. The fraction of sp³-hybridized carbons (Fsp3) is 0.333. The molecule has 2 fully saturated rings. The molecule has 4 heterocycles. The van der Waals surface area contributed by atoms with Crippen molar-refractivity contribution in [3.63, 3.8) is 0 Å². The number of pyridine rings is 1. The lowest BCUT2D eigenvalue weighted by Crippen LogP contribution is -2.33. The van der Waals surface area contributed by atoms with Crippen LogP contribution >= 0.6 is 15.9 Å². The van der Waals surface area contributed by atoms with Crippen LogP contribution in [0.3, 0.4) is 0 Å². The lowest BCUT2D eigenvalue weighted by atomic mass is 10.0. The summed E-state index contributed by atoms with van der Waals surface area (Å²) in [5, 5.41) is 10.7. The number of carbonyl (C=O) groups excluding carboxylic acids is 1. The van der Waals surface area contributed by atoms with E-state index in [9.17, 15) is 4.79 Å². The second kappa shape index (κ2) is 6.05. The molecule has 0 saturated carbocycles. The minimum absolute atomic E-state index is 0.0811. The maximum atomic E-state index is 12.9. The summed E-state index contributed by atoms with van der Waals surface area (Å²) in [6.45, 7) is 3.50. The first-order valence-corrected chi connectivity index (χ1v) is 9.43. The molecule has 8 heteroatoms. The van der Waals surface area contributed by atoms with Gasteiger partial charge in [-0.1, -0.05) is 0 Å². The fourth-order valence-electron chi connectivity index (χ4n) is 4.06. The van der Waals surface area contributed by atoms with Crippen LogP contribution in [-0.4, -0.2) is 57.4 Å². The number of likely N-dealkylation sites (tertiary alicyclic amines) is 1. The van der Waals surface area contributed by atoms with E-state index in [1.54, 1.807) is 0 Å². The van der Waals surface area contributed by atoms with Gasteiger partial charge in [-0.2, -0.15) is 15.4 Å². The maximum Gasteiger partial charge on any atom is 0.253 e. The molecule has 1 amide bonds. The Morgan fingerprint density at radius 2 is 1.81 bits per heavy atom. The number of carbonyl (C=O) groups is 1. The Hall–Kier alpha value is -2.48. The zero-order valence-corrected chi connectivity index (χ0v) is 15.6. The van der Waals surface area contributed by atoms with Gasteiger partial charge < -0.3 is 9.80 Å². The van der Waals surface area contributed by atoms with Crippen LogP contribution in [-0.2, 0) is 0 Å². The summed E-state index contributed by atoms with van der Waals surface area (Å²) in [5.74, 6) is 2.09. The highest BCUT2D eigenvalue weighted by molar-refractivity contribution is 9.10. The number of aromatic nitrogens is 4. The number of nitrogens with one attached hydrogen (secondary N) is 1. The van der Waals surface area contributed by atoms with Crippen molar-refractivity contribution in [3.8, 4) is 0 Å². The van der Waals surface area contributed by atoms with Crippen molar-refractivity contribution < 1.29 is 4.79 Å². The molecule has 26 heavy (non-hydrogen) atoms. The predicted molar refractivity (Wildman–Crippen MR) is 101 cm³/mol. The van der Waals surface area contributed by atoms with E-state index in [1.165, 1.54) is 0 Å². The third-order valence-electron chi connectivity index (χ3n) is 5.37. The molecule has 2 unspecified atom stereocenters. The molecule has 2 aliphatic rings. The van der Waals surface area contributed by atoms with Crippen LogP contribution < -0.4 is 4.90 Å². The van der Waals surface area contributed by atoms with Crippen LogP contribution in [0.2, 0.25) is 0 Å². The number of fused-ring (bicyclic) bond motifs is 2. The van der Waals surface area contributed by atoms with Crippen molar-refractivity contribution >= 4 is 38.7 Å². The van der Waals surface area contributed by atoms with Gasteiger partial charge in [0.15, 0.2) is 0 Å². The number of aromatic amines is 1. The largest absolute Gasteiger partial charge is 0.356 e. The average Bonchev–Trinajstić information content (AvgIpc) is 3.35. The Bertz CT molecular complexity index is 957. The second-order valence-corrected chi connectivity index (χ2v) is 7.91. The van der Waals surface area contributed by atoms with Crippen LogP contribution in [0.25, 0.3) is 11.0 Å². The van der Waals surface area contributed by atoms with E-state index in [-0.39, 0.29) is 5.91 Å². The van der Waals surface area contributed by atoms with Crippen molar-refractivity contribution in [2.24, 2.45) is 11.8 Å². The monoisotopic (exact) mass is 412 g/mol. The van der Waals surface area contributed by atoms with Gasteiger partial charge in [-0.3, -0.25) is 4.79 Å². The third kappa shape index (κ3) is 2.65.